The van der Waals surface area contributed by atoms with Crippen LogP contribution in [-0.2, 0) is 10.0 Å². The van der Waals surface area contributed by atoms with Crippen LogP contribution in [0, 0.1) is 17.6 Å². The number of nitrogens with one attached hydrogen (secondary N) is 2. The third-order valence-electron chi connectivity index (χ3n) is 8.11. The second kappa shape index (κ2) is 11.6. The van der Waals surface area contributed by atoms with E-state index in [1.54, 1.807) is 13.8 Å². The number of fused-ring (bicyclic) bond motifs is 1. The van der Waals surface area contributed by atoms with Gasteiger partial charge in [-0.2, -0.15) is 4.98 Å². The molecule has 0 unspecified atom stereocenters. The summed E-state index contributed by atoms with van der Waals surface area (Å²) in [6.07, 6.45) is 4.19. The molecule has 0 amide bonds. The van der Waals surface area contributed by atoms with Gasteiger partial charge in [-0.3, -0.25) is 14.1 Å². The zero-order valence-electron chi connectivity index (χ0n) is 24.4. The highest BCUT2D eigenvalue weighted by Gasteiger charge is 2.46. The highest BCUT2D eigenvalue weighted by Crippen LogP contribution is 2.43. The lowest BCUT2D eigenvalue weighted by molar-refractivity contribution is -0.103. The van der Waals surface area contributed by atoms with Gasteiger partial charge in [0.25, 0.3) is 5.56 Å². The van der Waals surface area contributed by atoms with Gasteiger partial charge in [0.1, 0.15) is 16.9 Å². The number of benzene rings is 1. The van der Waals surface area contributed by atoms with Gasteiger partial charge in [-0.1, -0.05) is 0 Å². The zero-order chi connectivity index (χ0) is 31.3. The zero-order valence-corrected chi connectivity index (χ0v) is 25.2. The molecule has 2 N–H and O–H groups in total. The summed E-state index contributed by atoms with van der Waals surface area (Å²) in [6.45, 7) is 3.53. The Morgan fingerprint density at radius 3 is 2.26 bits per heavy atom. The van der Waals surface area contributed by atoms with Gasteiger partial charge >= 0.3 is 0 Å². The topological polar surface area (TPSA) is 122 Å². The minimum atomic E-state index is -4.31. The Labute approximate surface area is 247 Å². The summed E-state index contributed by atoms with van der Waals surface area (Å²) in [4.78, 5) is 29.1. The van der Waals surface area contributed by atoms with E-state index in [1.165, 1.54) is 10.8 Å². The van der Waals surface area contributed by atoms with Crippen molar-refractivity contribution in [3.63, 3.8) is 0 Å². The molecule has 2 fully saturated rings. The molecule has 2 aliphatic rings. The average molecular weight is 626 g/mol. The van der Waals surface area contributed by atoms with Crippen LogP contribution < -0.4 is 15.6 Å². The molecule has 0 radical (unpaired) electrons. The number of hydrogen-bond acceptors (Lipinski definition) is 8. The molecule has 10 nitrogen and oxygen atoms in total. The number of alkyl halides is 2. The molecule has 43 heavy (non-hydrogen) atoms. The van der Waals surface area contributed by atoms with Crippen LogP contribution in [0.4, 0.5) is 29.2 Å². The van der Waals surface area contributed by atoms with Crippen LogP contribution in [0.2, 0.25) is 0 Å². The molecule has 5 rings (SSSR count). The van der Waals surface area contributed by atoms with Crippen LogP contribution in [0.1, 0.15) is 58.4 Å². The number of hydrogen-bond donors (Lipinski definition) is 2. The standard InChI is InChI=1S/C28H35F4N7O3S/c1-15(2)39-25-22(13-33-27(36-25)34-18-5-7-19(8-6-18)38(3)4)35-23(26(39)40)17-9-20(29)24(21(30)10-17)37-43(41,42)14-16-11-28(31,32)12-16/h9-10,13,15-16,18-19,37H,5-8,11-12,14H2,1-4H3,(H,33,34,36)/t18-,19-. The minimum absolute atomic E-state index is 0.177. The van der Waals surface area contributed by atoms with Crippen molar-refractivity contribution in [1.29, 1.82) is 0 Å². The lowest BCUT2D eigenvalue weighted by Gasteiger charge is -2.34. The molecule has 0 spiro atoms. The van der Waals surface area contributed by atoms with Gasteiger partial charge < -0.3 is 10.2 Å². The summed E-state index contributed by atoms with van der Waals surface area (Å²) in [7, 11) is -0.174. The molecule has 15 heteroatoms. The molecule has 2 saturated carbocycles. The lowest BCUT2D eigenvalue weighted by atomic mass is 9.83. The van der Waals surface area contributed by atoms with E-state index in [4.69, 9.17) is 0 Å². The van der Waals surface area contributed by atoms with Crippen molar-refractivity contribution < 1.29 is 26.0 Å². The second-order valence-electron chi connectivity index (χ2n) is 12.1. The van der Waals surface area contributed by atoms with Crippen LogP contribution in [-0.4, -0.2) is 70.7 Å². The van der Waals surface area contributed by atoms with E-state index < -0.39 is 69.4 Å². The first-order valence-corrected chi connectivity index (χ1v) is 15.9. The molecular formula is C28H35F4N7O3S. The van der Waals surface area contributed by atoms with E-state index in [0.717, 1.165) is 37.8 Å². The summed E-state index contributed by atoms with van der Waals surface area (Å²) in [5.74, 6) is -6.65. The van der Waals surface area contributed by atoms with Crippen molar-refractivity contribution in [2.75, 3.05) is 29.9 Å². The first kappa shape index (κ1) is 31.1. The quantitative estimate of drug-likeness (QED) is 0.326. The maximum atomic E-state index is 15.1. The Hall–Kier alpha value is -3.33. The molecule has 2 aromatic heterocycles. The Balaban J connectivity index is 1.42. The largest absolute Gasteiger partial charge is 0.351 e. The molecule has 0 atom stereocenters. The van der Waals surface area contributed by atoms with Crippen molar-refractivity contribution >= 4 is 32.8 Å². The van der Waals surface area contributed by atoms with E-state index in [0.29, 0.717) is 12.0 Å². The normalized spacial score (nSPS) is 20.9. The van der Waals surface area contributed by atoms with Crippen molar-refractivity contribution in [2.24, 2.45) is 5.92 Å². The van der Waals surface area contributed by atoms with E-state index in [1.807, 2.05) is 4.72 Å². The summed E-state index contributed by atoms with van der Waals surface area (Å²) in [5, 5.41) is 3.35. The predicted octanol–water partition coefficient (Wildman–Crippen LogP) is 4.78. The fourth-order valence-electron chi connectivity index (χ4n) is 5.87. The van der Waals surface area contributed by atoms with Crippen LogP contribution >= 0.6 is 0 Å². The van der Waals surface area contributed by atoms with Crippen molar-refractivity contribution in [3.8, 4) is 11.3 Å². The molecule has 2 aliphatic carbocycles. The number of sulfonamides is 1. The highest BCUT2D eigenvalue weighted by molar-refractivity contribution is 7.92. The third-order valence-corrected chi connectivity index (χ3v) is 9.54. The molecule has 1 aromatic carbocycles. The maximum Gasteiger partial charge on any atom is 0.278 e. The molecule has 234 valence electrons. The van der Waals surface area contributed by atoms with E-state index in [2.05, 4.69) is 39.3 Å². The van der Waals surface area contributed by atoms with Crippen molar-refractivity contribution in [2.45, 2.75) is 76.4 Å². The van der Waals surface area contributed by atoms with E-state index >= 15 is 8.78 Å². The van der Waals surface area contributed by atoms with Crippen molar-refractivity contribution in [1.82, 2.24) is 24.4 Å². The molecule has 3 aromatic rings. The molecule has 0 saturated heterocycles. The number of anilines is 2. The fourth-order valence-corrected chi connectivity index (χ4v) is 7.32. The van der Waals surface area contributed by atoms with Crippen LogP contribution in [0.15, 0.2) is 23.1 Å². The fraction of sp³-hybridized carbons (Fsp3) is 0.571. The lowest BCUT2D eigenvalue weighted by Crippen LogP contribution is -2.40. The summed E-state index contributed by atoms with van der Waals surface area (Å²) in [5.41, 5.74) is -1.59. The number of halogens is 4. The summed E-state index contributed by atoms with van der Waals surface area (Å²) >= 11 is 0. The minimum Gasteiger partial charge on any atom is -0.351 e. The number of nitrogens with zero attached hydrogens (tertiary/aromatic N) is 5. The van der Waals surface area contributed by atoms with Crippen molar-refractivity contribution in [3.05, 3.63) is 40.3 Å². The first-order valence-electron chi connectivity index (χ1n) is 14.2. The van der Waals surface area contributed by atoms with Gasteiger partial charge in [-0.25, -0.2) is 35.9 Å². The molecule has 0 aliphatic heterocycles. The smallest absolute Gasteiger partial charge is 0.278 e. The predicted molar refractivity (Wildman–Crippen MR) is 156 cm³/mol. The molecular weight excluding hydrogens is 590 g/mol. The SMILES string of the molecule is CC(C)n1c(=O)c(-c2cc(F)c(NS(=O)(=O)CC3CC(F)(F)C3)c(F)c2)nc2cnc(N[C@H]3CC[C@H](N(C)C)CC3)nc21. The van der Waals surface area contributed by atoms with Gasteiger partial charge in [0, 0.05) is 36.5 Å². The summed E-state index contributed by atoms with van der Waals surface area (Å²) < 4.78 is 84.4. The Morgan fingerprint density at radius 1 is 1.07 bits per heavy atom. The average Bonchev–Trinajstić information content (AvgIpc) is 2.89. The van der Waals surface area contributed by atoms with Crippen LogP contribution in [0.25, 0.3) is 22.4 Å². The molecule has 0 bridgehead atoms. The van der Waals surface area contributed by atoms with E-state index in [9.17, 15) is 22.0 Å². The van der Waals surface area contributed by atoms with Crippen LogP contribution in [0.5, 0.6) is 0 Å². The first-order chi connectivity index (χ1) is 20.1. The highest BCUT2D eigenvalue weighted by atomic mass is 32.2. The van der Waals surface area contributed by atoms with Gasteiger partial charge in [-0.05, 0) is 71.7 Å². The van der Waals surface area contributed by atoms with Gasteiger partial charge in [0.05, 0.1) is 11.9 Å². The van der Waals surface area contributed by atoms with Gasteiger partial charge in [0.15, 0.2) is 17.3 Å². The summed E-state index contributed by atoms with van der Waals surface area (Å²) in [6, 6.07) is 1.92. The second-order valence-corrected chi connectivity index (χ2v) is 13.8. The molecule has 2 heterocycles. The number of aromatic nitrogens is 4. The Bertz CT molecular complexity index is 1660. The third kappa shape index (κ3) is 6.77. The van der Waals surface area contributed by atoms with Gasteiger partial charge in [-0.15, -0.1) is 0 Å². The Kier molecular flexibility index (Phi) is 8.42. The number of rotatable bonds is 9. The monoisotopic (exact) mass is 625 g/mol. The Morgan fingerprint density at radius 2 is 1.70 bits per heavy atom. The van der Waals surface area contributed by atoms with Gasteiger partial charge in [0.2, 0.25) is 21.9 Å². The van der Waals surface area contributed by atoms with E-state index in [-0.39, 0.29) is 28.5 Å². The van der Waals surface area contributed by atoms with Crippen LogP contribution in [0.3, 0.4) is 0 Å². The maximum absolute atomic E-state index is 15.1.